The van der Waals surface area contributed by atoms with Crippen molar-refractivity contribution in [2.24, 2.45) is 0 Å². The van der Waals surface area contributed by atoms with Gasteiger partial charge in [0.1, 0.15) is 34.7 Å². The number of nitrogens with one attached hydrogen (secondary N) is 5. The third-order valence-electron chi connectivity index (χ3n) is 7.29. The van der Waals surface area contributed by atoms with E-state index in [1.54, 1.807) is 7.11 Å². The van der Waals surface area contributed by atoms with Crippen molar-refractivity contribution in [1.29, 1.82) is 5.41 Å². The number of H-pyrrole nitrogens is 2. The predicted molar refractivity (Wildman–Crippen MR) is 182 cm³/mol. The molecule has 5 N–H and O–H groups in total. The van der Waals surface area contributed by atoms with E-state index in [4.69, 9.17) is 24.9 Å². The summed E-state index contributed by atoms with van der Waals surface area (Å²) in [4.78, 5) is 16.3. The van der Waals surface area contributed by atoms with Crippen molar-refractivity contribution in [3.63, 3.8) is 0 Å². The van der Waals surface area contributed by atoms with Crippen molar-refractivity contribution < 1.29 is 9.47 Å². The average molecular weight is 600 g/mol. The Hall–Kier alpha value is -5.57. The molecule has 6 aromatic rings. The first-order chi connectivity index (χ1) is 21.7. The fourth-order valence-corrected chi connectivity index (χ4v) is 5.18. The van der Waals surface area contributed by atoms with Crippen molar-refractivity contribution in [1.82, 2.24) is 30.6 Å². The Morgan fingerprint density at radius 1 is 0.733 bits per heavy atom. The number of ether oxygens (including phenoxy) is 2. The number of hydrogen-bond acceptors (Lipinski definition) is 6. The highest BCUT2D eigenvalue weighted by Gasteiger charge is 2.14. The molecule has 2 aromatic heterocycles. The molecule has 0 saturated carbocycles. The molecule has 0 spiro atoms. The molecule has 0 fully saturated rings. The molecule has 4 aromatic carbocycles. The molecule has 0 unspecified atom stereocenters. The predicted octanol–water partition coefficient (Wildman–Crippen LogP) is 7.87. The van der Waals surface area contributed by atoms with Crippen molar-refractivity contribution in [2.45, 2.75) is 39.8 Å². The van der Waals surface area contributed by atoms with E-state index in [2.05, 4.69) is 47.1 Å². The number of nitrogens with zero attached hydrogens (tertiary/aromatic N) is 2. The lowest BCUT2D eigenvalue weighted by Gasteiger charge is -2.12. The minimum Gasteiger partial charge on any atom is -0.496 e. The zero-order chi connectivity index (χ0) is 31.7. The zero-order valence-electron chi connectivity index (χ0n) is 26.1. The number of hydrogen-bond donors (Lipinski definition) is 5. The van der Waals surface area contributed by atoms with Gasteiger partial charge in [-0.05, 0) is 100.0 Å². The van der Waals surface area contributed by atoms with E-state index in [1.165, 1.54) is 0 Å². The maximum atomic E-state index is 8.29. The molecular weight excluding hydrogens is 562 g/mol. The van der Waals surface area contributed by atoms with E-state index in [-0.39, 0.29) is 6.04 Å². The first-order valence-corrected chi connectivity index (χ1v) is 14.9. The SMILES string of the molecule is C=C(NC(C)C)c1ccc2nc(-c3ccc(Oc4ccc(-c5nc6ccc(C(=N)NC(C)C)cc6[nH]5)cc4)cc3OC)[nH]c2c1. The quantitative estimate of drug-likeness (QED) is 0.0807. The number of imidazole rings is 2. The van der Waals surface area contributed by atoms with E-state index < -0.39 is 0 Å². The second kappa shape index (κ2) is 12.2. The number of methoxy groups -OCH3 is 1. The maximum Gasteiger partial charge on any atom is 0.142 e. The highest BCUT2D eigenvalue weighted by molar-refractivity contribution is 5.99. The molecule has 0 aliphatic carbocycles. The topological polar surface area (TPSA) is 124 Å². The number of aromatic amines is 2. The van der Waals surface area contributed by atoms with Crippen LogP contribution in [-0.4, -0.2) is 45.0 Å². The van der Waals surface area contributed by atoms with Gasteiger partial charge in [-0.25, -0.2) is 9.97 Å². The van der Waals surface area contributed by atoms with Crippen LogP contribution in [0, 0.1) is 5.41 Å². The largest absolute Gasteiger partial charge is 0.496 e. The third kappa shape index (κ3) is 6.38. The Bertz CT molecular complexity index is 2020. The fraction of sp³-hybridized carbons (Fsp3) is 0.194. The van der Waals surface area contributed by atoms with Gasteiger partial charge in [0.2, 0.25) is 0 Å². The van der Waals surface area contributed by atoms with E-state index in [9.17, 15) is 0 Å². The number of amidine groups is 1. The van der Waals surface area contributed by atoms with Crippen LogP contribution in [0.2, 0.25) is 0 Å². The van der Waals surface area contributed by atoms with Crippen LogP contribution in [0.25, 0.3) is 50.5 Å². The van der Waals surface area contributed by atoms with Gasteiger partial charge in [-0.15, -0.1) is 0 Å². The van der Waals surface area contributed by atoms with Gasteiger partial charge in [0.05, 0.1) is 34.7 Å². The Balaban J connectivity index is 1.18. The molecule has 0 bridgehead atoms. The van der Waals surface area contributed by atoms with E-state index in [1.807, 2.05) is 86.6 Å². The van der Waals surface area contributed by atoms with E-state index in [0.717, 1.165) is 55.8 Å². The van der Waals surface area contributed by atoms with Crippen LogP contribution in [0.15, 0.2) is 85.4 Å². The molecular formula is C36H37N7O2. The summed E-state index contributed by atoms with van der Waals surface area (Å²) in [6.45, 7) is 12.4. The van der Waals surface area contributed by atoms with Crippen LogP contribution in [0.3, 0.4) is 0 Å². The van der Waals surface area contributed by atoms with Gasteiger partial charge < -0.3 is 30.1 Å². The summed E-state index contributed by atoms with van der Waals surface area (Å²) >= 11 is 0. The van der Waals surface area contributed by atoms with Gasteiger partial charge in [0, 0.05) is 35.0 Å². The Kier molecular flexibility index (Phi) is 8.00. The second-order valence-corrected chi connectivity index (χ2v) is 11.6. The van der Waals surface area contributed by atoms with Crippen molar-refractivity contribution in [2.75, 3.05) is 7.11 Å². The van der Waals surface area contributed by atoms with E-state index >= 15 is 0 Å². The molecule has 9 heteroatoms. The highest BCUT2D eigenvalue weighted by Crippen LogP contribution is 2.35. The molecule has 45 heavy (non-hydrogen) atoms. The second-order valence-electron chi connectivity index (χ2n) is 11.6. The van der Waals surface area contributed by atoms with Crippen LogP contribution >= 0.6 is 0 Å². The van der Waals surface area contributed by atoms with Gasteiger partial charge >= 0.3 is 0 Å². The van der Waals surface area contributed by atoms with Crippen molar-refractivity contribution in [3.05, 3.63) is 96.6 Å². The lowest BCUT2D eigenvalue weighted by Crippen LogP contribution is -2.30. The number of rotatable bonds is 10. The Morgan fingerprint density at radius 3 is 2.00 bits per heavy atom. The van der Waals surface area contributed by atoms with Crippen LogP contribution < -0.4 is 20.1 Å². The highest BCUT2D eigenvalue weighted by atomic mass is 16.5. The summed E-state index contributed by atoms with van der Waals surface area (Å²) in [6, 6.07) is 25.8. The van der Waals surface area contributed by atoms with Crippen LogP contribution in [-0.2, 0) is 0 Å². The third-order valence-corrected chi connectivity index (χ3v) is 7.29. The first-order valence-electron chi connectivity index (χ1n) is 14.9. The molecule has 0 radical (unpaired) electrons. The minimum absolute atomic E-state index is 0.189. The minimum atomic E-state index is 0.189. The maximum absolute atomic E-state index is 8.29. The molecule has 0 amide bonds. The lowest BCUT2D eigenvalue weighted by molar-refractivity contribution is 0.410. The van der Waals surface area contributed by atoms with Crippen LogP contribution in [0.5, 0.6) is 17.2 Å². The summed E-state index contributed by atoms with van der Waals surface area (Å²) in [6.07, 6.45) is 0. The molecule has 2 heterocycles. The molecule has 0 atom stereocenters. The molecule has 9 nitrogen and oxygen atoms in total. The summed E-state index contributed by atoms with van der Waals surface area (Å²) in [5.74, 6) is 3.83. The normalized spacial score (nSPS) is 11.4. The summed E-state index contributed by atoms with van der Waals surface area (Å²) < 4.78 is 11.9. The van der Waals surface area contributed by atoms with Crippen LogP contribution in [0.1, 0.15) is 38.8 Å². The van der Waals surface area contributed by atoms with Gasteiger partial charge in [-0.1, -0.05) is 12.6 Å². The van der Waals surface area contributed by atoms with Gasteiger partial charge in [-0.2, -0.15) is 0 Å². The Morgan fingerprint density at radius 2 is 1.33 bits per heavy atom. The van der Waals surface area contributed by atoms with Gasteiger partial charge in [0.25, 0.3) is 0 Å². The number of fused-ring (bicyclic) bond motifs is 2. The zero-order valence-corrected chi connectivity index (χ0v) is 26.1. The number of benzene rings is 4. The van der Waals surface area contributed by atoms with Crippen LogP contribution in [0.4, 0.5) is 0 Å². The summed E-state index contributed by atoms with van der Waals surface area (Å²) in [5.41, 5.74) is 7.97. The summed E-state index contributed by atoms with van der Waals surface area (Å²) in [7, 11) is 1.64. The Labute approximate surface area is 262 Å². The molecule has 228 valence electrons. The molecule has 0 aliphatic rings. The fourth-order valence-electron chi connectivity index (χ4n) is 5.18. The molecule has 0 aliphatic heterocycles. The van der Waals surface area contributed by atoms with Crippen molar-refractivity contribution >= 4 is 33.6 Å². The standard InChI is InChI=1S/C36H37N7O2/c1-20(2)38-22(5)24-9-15-30-31(17-24)43-36(41-30)28-14-13-27(19-33(28)44-6)45-26-11-7-23(8-12-26)35-40-29-16-10-25(18-32(29)42-35)34(37)39-21(3)4/h7-21,38H,5H2,1-4,6H3,(H2,37,39)(H,40,42)(H,41,43). The summed E-state index contributed by atoms with van der Waals surface area (Å²) in [5, 5.41) is 14.8. The van der Waals surface area contributed by atoms with Gasteiger partial charge in [-0.3, -0.25) is 5.41 Å². The average Bonchev–Trinajstić information content (AvgIpc) is 3.64. The number of aromatic nitrogens is 4. The lowest BCUT2D eigenvalue weighted by atomic mass is 10.1. The van der Waals surface area contributed by atoms with Gasteiger partial charge in [0.15, 0.2) is 0 Å². The molecule has 6 rings (SSSR count). The smallest absolute Gasteiger partial charge is 0.142 e. The van der Waals surface area contributed by atoms with E-state index in [0.29, 0.717) is 35.0 Å². The van der Waals surface area contributed by atoms with Crippen molar-refractivity contribution in [3.8, 4) is 40.0 Å². The molecule has 0 saturated heterocycles. The monoisotopic (exact) mass is 599 g/mol. The first kappa shape index (κ1) is 29.5.